The first-order chi connectivity index (χ1) is 13.5. The quantitative estimate of drug-likeness (QED) is 0.748. The molecule has 6 heteroatoms. The van der Waals surface area contributed by atoms with Crippen LogP contribution in [0.4, 0.5) is 0 Å². The van der Waals surface area contributed by atoms with Gasteiger partial charge in [0.05, 0.1) is 5.92 Å². The van der Waals surface area contributed by atoms with E-state index < -0.39 is 11.9 Å². The summed E-state index contributed by atoms with van der Waals surface area (Å²) in [7, 11) is 0. The van der Waals surface area contributed by atoms with E-state index in [0.29, 0.717) is 19.6 Å². The molecule has 0 radical (unpaired) electrons. The Labute approximate surface area is 164 Å². The Bertz CT molecular complexity index is 833. The minimum atomic E-state index is -0.528. The lowest BCUT2D eigenvalue weighted by Crippen LogP contribution is -2.31. The van der Waals surface area contributed by atoms with Gasteiger partial charge in [0, 0.05) is 26.1 Å². The van der Waals surface area contributed by atoms with E-state index in [-0.39, 0.29) is 24.8 Å². The molecule has 1 heterocycles. The molecule has 146 valence electrons. The van der Waals surface area contributed by atoms with Crippen LogP contribution in [0.15, 0.2) is 54.6 Å². The summed E-state index contributed by atoms with van der Waals surface area (Å²) in [5, 5.41) is 2.71. The lowest BCUT2D eigenvalue weighted by Gasteiger charge is -2.16. The number of carbonyl (C=O) groups excluding carboxylic acids is 3. The Hall–Kier alpha value is -3.15. The lowest BCUT2D eigenvalue weighted by atomic mass is 10.1. The first-order valence-electron chi connectivity index (χ1n) is 9.32. The second-order valence-corrected chi connectivity index (χ2v) is 7.03. The highest BCUT2D eigenvalue weighted by atomic mass is 16.5. The zero-order chi connectivity index (χ0) is 19.9. The molecule has 1 atom stereocenters. The average molecular weight is 380 g/mol. The zero-order valence-electron chi connectivity index (χ0n) is 15.9. The summed E-state index contributed by atoms with van der Waals surface area (Å²) in [6, 6.07) is 17.4. The number of likely N-dealkylation sites (tertiary alicyclic amines) is 1. The molecule has 0 bridgehead atoms. The molecule has 1 fully saturated rings. The van der Waals surface area contributed by atoms with Crippen molar-refractivity contribution in [1.82, 2.24) is 10.2 Å². The van der Waals surface area contributed by atoms with E-state index in [9.17, 15) is 14.4 Å². The Balaban J connectivity index is 1.42. The third kappa shape index (κ3) is 5.42. The molecule has 1 N–H and O–H groups in total. The van der Waals surface area contributed by atoms with Crippen LogP contribution in [0.5, 0.6) is 0 Å². The van der Waals surface area contributed by atoms with Gasteiger partial charge in [-0.1, -0.05) is 60.2 Å². The van der Waals surface area contributed by atoms with Gasteiger partial charge < -0.3 is 15.0 Å². The molecule has 3 rings (SSSR count). The molecule has 2 aromatic rings. The molecule has 2 aromatic carbocycles. The maximum atomic E-state index is 12.2. The molecule has 1 aliphatic rings. The van der Waals surface area contributed by atoms with Crippen LogP contribution < -0.4 is 5.32 Å². The van der Waals surface area contributed by atoms with Gasteiger partial charge in [-0.3, -0.25) is 14.4 Å². The smallest absolute Gasteiger partial charge is 0.311 e. The van der Waals surface area contributed by atoms with Crippen LogP contribution in [-0.2, 0) is 32.2 Å². The maximum absolute atomic E-state index is 12.2. The topological polar surface area (TPSA) is 75.7 Å². The number of benzene rings is 2. The van der Waals surface area contributed by atoms with E-state index in [4.69, 9.17) is 4.74 Å². The number of aryl methyl sites for hydroxylation is 1. The predicted octanol–water partition coefficient (Wildman–Crippen LogP) is 2.20. The fourth-order valence-corrected chi connectivity index (χ4v) is 3.10. The average Bonchev–Trinajstić information content (AvgIpc) is 3.07. The van der Waals surface area contributed by atoms with Crippen molar-refractivity contribution < 1.29 is 19.1 Å². The van der Waals surface area contributed by atoms with Crippen molar-refractivity contribution in [2.24, 2.45) is 5.92 Å². The summed E-state index contributed by atoms with van der Waals surface area (Å²) in [6.45, 7) is 2.84. The number of ether oxygens (including phenoxy) is 1. The Morgan fingerprint density at radius 3 is 2.50 bits per heavy atom. The van der Waals surface area contributed by atoms with Crippen molar-refractivity contribution in [2.75, 3.05) is 13.2 Å². The van der Waals surface area contributed by atoms with Gasteiger partial charge in [0.25, 0.3) is 5.91 Å². The number of rotatable bonds is 7. The van der Waals surface area contributed by atoms with Gasteiger partial charge in [-0.2, -0.15) is 0 Å². The minimum Gasteiger partial charge on any atom is -0.455 e. The van der Waals surface area contributed by atoms with Crippen LogP contribution in [0.3, 0.4) is 0 Å². The monoisotopic (exact) mass is 380 g/mol. The fraction of sp³-hybridized carbons (Fsp3) is 0.318. The minimum absolute atomic E-state index is 0.0731. The second kappa shape index (κ2) is 9.17. The summed E-state index contributed by atoms with van der Waals surface area (Å²) in [5.74, 6) is -1.47. The summed E-state index contributed by atoms with van der Waals surface area (Å²) in [5.41, 5.74) is 3.15. The van der Waals surface area contributed by atoms with Crippen molar-refractivity contribution in [1.29, 1.82) is 0 Å². The summed E-state index contributed by atoms with van der Waals surface area (Å²) in [6.07, 6.45) is 0.121. The molecule has 0 aliphatic carbocycles. The van der Waals surface area contributed by atoms with Crippen molar-refractivity contribution in [3.63, 3.8) is 0 Å². The van der Waals surface area contributed by atoms with Crippen molar-refractivity contribution in [3.8, 4) is 0 Å². The molecule has 0 saturated carbocycles. The third-order valence-corrected chi connectivity index (χ3v) is 4.72. The number of esters is 1. The molecule has 0 aromatic heterocycles. The number of nitrogens with zero attached hydrogens (tertiary/aromatic N) is 1. The number of carbonyl (C=O) groups is 3. The molecular formula is C22H24N2O4. The molecular weight excluding hydrogens is 356 g/mol. The number of nitrogens with one attached hydrogen (secondary N) is 1. The van der Waals surface area contributed by atoms with Crippen LogP contribution >= 0.6 is 0 Å². The largest absolute Gasteiger partial charge is 0.455 e. The number of hydrogen-bond acceptors (Lipinski definition) is 4. The Morgan fingerprint density at radius 1 is 1.07 bits per heavy atom. The molecule has 2 amide bonds. The van der Waals surface area contributed by atoms with Gasteiger partial charge in [0.1, 0.15) is 0 Å². The molecule has 6 nitrogen and oxygen atoms in total. The molecule has 1 aliphatic heterocycles. The number of amides is 2. The maximum Gasteiger partial charge on any atom is 0.311 e. The lowest BCUT2D eigenvalue weighted by molar-refractivity contribution is -0.152. The first-order valence-corrected chi connectivity index (χ1v) is 9.32. The highest BCUT2D eigenvalue weighted by molar-refractivity contribution is 5.88. The van der Waals surface area contributed by atoms with Gasteiger partial charge >= 0.3 is 5.97 Å². The molecule has 1 saturated heterocycles. The zero-order valence-corrected chi connectivity index (χ0v) is 15.9. The normalized spacial score (nSPS) is 16.1. The van der Waals surface area contributed by atoms with Gasteiger partial charge in [-0.15, -0.1) is 0 Å². The van der Waals surface area contributed by atoms with Gasteiger partial charge in [-0.25, -0.2) is 0 Å². The predicted molar refractivity (Wildman–Crippen MR) is 104 cm³/mol. The molecule has 0 spiro atoms. The van der Waals surface area contributed by atoms with Gasteiger partial charge in [0.2, 0.25) is 5.91 Å². The van der Waals surface area contributed by atoms with E-state index in [1.165, 1.54) is 0 Å². The van der Waals surface area contributed by atoms with Crippen LogP contribution in [0.2, 0.25) is 0 Å². The van der Waals surface area contributed by atoms with E-state index in [2.05, 4.69) is 5.32 Å². The van der Waals surface area contributed by atoms with Crippen molar-refractivity contribution in [3.05, 3.63) is 71.3 Å². The fourth-order valence-electron chi connectivity index (χ4n) is 3.10. The Kier molecular flexibility index (Phi) is 6.42. The Morgan fingerprint density at radius 2 is 1.79 bits per heavy atom. The van der Waals surface area contributed by atoms with Gasteiger partial charge in [0.15, 0.2) is 6.61 Å². The first kappa shape index (κ1) is 19.6. The van der Waals surface area contributed by atoms with E-state index in [0.717, 1.165) is 16.7 Å². The highest BCUT2D eigenvalue weighted by Crippen LogP contribution is 2.21. The third-order valence-electron chi connectivity index (χ3n) is 4.72. The van der Waals surface area contributed by atoms with Crippen LogP contribution in [0.1, 0.15) is 23.1 Å². The number of hydrogen-bond donors (Lipinski definition) is 1. The van der Waals surface area contributed by atoms with Crippen molar-refractivity contribution >= 4 is 17.8 Å². The van der Waals surface area contributed by atoms with Gasteiger partial charge in [-0.05, 0) is 18.1 Å². The standard InChI is InChI=1S/C22H24N2O4/c1-16-7-9-18(10-8-16)13-24-14-19(11-21(24)26)22(27)28-15-20(25)23-12-17-5-3-2-4-6-17/h2-10,19H,11-15H2,1H3,(H,23,25)/t19-/m1/s1. The van der Waals surface area contributed by atoms with E-state index in [1.54, 1.807) is 4.90 Å². The second-order valence-electron chi connectivity index (χ2n) is 7.03. The van der Waals surface area contributed by atoms with Crippen LogP contribution in [0, 0.1) is 12.8 Å². The van der Waals surface area contributed by atoms with Crippen LogP contribution in [-0.4, -0.2) is 35.8 Å². The summed E-state index contributed by atoms with van der Waals surface area (Å²) in [4.78, 5) is 38.0. The molecule has 0 unspecified atom stereocenters. The van der Waals surface area contributed by atoms with Crippen LogP contribution in [0.25, 0.3) is 0 Å². The summed E-state index contributed by atoms with van der Waals surface area (Å²) >= 11 is 0. The van der Waals surface area contributed by atoms with E-state index in [1.807, 2.05) is 61.5 Å². The molecule has 28 heavy (non-hydrogen) atoms. The van der Waals surface area contributed by atoms with E-state index >= 15 is 0 Å². The highest BCUT2D eigenvalue weighted by Gasteiger charge is 2.35. The SMILES string of the molecule is Cc1ccc(CN2C[C@H](C(=O)OCC(=O)NCc3ccccc3)CC2=O)cc1. The van der Waals surface area contributed by atoms with Crippen molar-refractivity contribution in [2.45, 2.75) is 26.4 Å². The summed E-state index contributed by atoms with van der Waals surface area (Å²) < 4.78 is 5.11.